The zero-order valence-electron chi connectivity index (χ0n) is 12.0. The van der Waals surface area contributed by atoms with Gasteiger partial charge in [-0.25, -0.2) is 0 Å². The lowest BCUT2D eigenvalue weighted by atomic mass is 10.0. The lowest BCUT2D eigenvalue weighted by molar-refractivity contribution is 0.319. The van der Waals surface area contributed by atoms with Crippen LogP contribution in [-0.2, 0) is 6.54 Å². The van der Waals surface area contributed by atoms with Crippen molar-refractivity contribution in [1.82, 2.24) is 4.90 Å². The Balaban J connectivity index is 2.02. The van der Waals surface area contributed by atoms with Gasteiger partial charge in [-0.1, -0.05) is 35.9 Å². The molecule has 0 saturated carbocycles. The topological polar surface area (TPSA) is 29.3 Å². The average molecular weight is 256 g/mol. The van der Waals surface area contributed by atoms with Crippen molar-refractivity contribution in [2.75, 3.05) is 20.1 Å². The summed E-state index contributed by atoms with van der Waals surface area (Å²) in [7, 11) is 2.18. The molecule has 2 N–H and O–H groups in total. The first-order valence-corrected chi connectivity index (χ1v) is 7.07. The quantitative estimate of drug-likeness (QED) is 0.803. The highest BCUT2D eigenvalue weighted by atomic mass is 15.1. The molecule has 0 aliphatic heterocycles. The first-order chi connectivity index (χ1) is 9.19. The van der Waals surface area contributed by atoms with E-state index < -0.39 is 0 Å². The highest BCUT2D eigenvalue weighted by Crippen LogP contribution is 2.18. The van der Waals surface area contributed by atoms with Gasteiger partial charge in [0.25, 0.3) is 0 Å². The van der Waals surface area contributed by atoms with Gasteiger partial charge in [0, 0.05) is 6.54 Å². The molecule has 0 saturated heterocycles. The van der Waals surface area contributed by atoms with E-state index in [-0.39, 0.29) is 0 Å². The van der Waals surface area contributed by atoms with E-state index in [9.17, 15) is 0 Å². The summed E-state index contributed by atoms with van der Waals surface area (Å²) in [5.74, 6) is 0. The summed E-state index contributed by atoms with van der Waals surface area (Å²) >= 11 is 0. The lowest BCUT2D eigenvalue weighted by Crippen LogP contribution is -2.19. The molecule has 0 amide bonds. The van der Waals surface area contributed by atoms with E-state index in [0.717, 1.165) is 26.1 Å². The number of benzene rings is 2. The molecule has 2 aromatic rings. The second kappa shape index (κ2) is 6.69. The highest BCUT2D eigenvalue weighted by Gasteiger charge is 2.01. The van der Waals surface area contributed by atoms with Gasteiger partial charge in [0.2, 0.25) is 0 Å². The van der Waals surface area contributed by atoms with Crippen molar-refractivity contribution in [1.29, 1.82) is 0 Å². The van der Waals surface area contributed by atoms with Crippen LogP contribution in [0.3, 0.4) is 0 Å². The maximum atomic E-state index is 5.52. The Labute approximate surface area is 116 Å². The molecule has 0 unspecified atom stereocenters. The minimum absolute atomic E-state index is 0.795. The van der Waals surface area contributed by atoms with E-state index >= 15 is 0 Å². The fraction of sp³-hybridized carbons (Fsp3) is 0.412. The van der Waals surface area contributed by atoms with E-state index in [4.69, 9.17) is 5.73 Å². The number of hydrogen-bond acceptors (Lipinski definition) is 2. The third-order valence-electron chi connectivity index (χ3n) is 3.51. The first-order valence-electron chi connectivity index (χ1n) is 7.07. The predicted octanol–water partition coefficient (Wildman–Crippen LogP) is 3.32. The largest absolute Gasteiger partial charge is 0.330 e. The van der Waals surface area contributed by atoms with Gasteiger partial charge in [-0.15, -0.1) is 0 Å². The molecule has 0 atom stereocenters. The third-order valence-corrected chi connectivity index (χ3v) is 3.51. The maximum absolute atomic E-state index is 5.52. The zero-order valence-corrected chi connectivity index (χ0v) is 12.0. The molecule has 0 aliphatic rings. The Morgan fingerprint density at radius 1 is 1.00 bits per heavy atom. The minimum Gasteiger partial charge on any atom is -0.330 e. The van der Waals surface area contributed by atoms with Gasteiger partial charge < -0.3 is 10.6 Å². The SMILES string of the molecule is Cc1ccc2cc(CN(C)CCCCN)ccc2c1. The van der Waals surface area contributed by atoms with Crippen LogP contribution in [0.2, 0.25) is 0 Å². The van der Waals surface area contributed by atoms with E-state index in [2.05, 4.69) is 55.3 Å². The summed E-state index contributed by atoms with van der Waals surface area (Å²) in [5.41, 5.74) is 8.22. The normalized spacial score (nSPS) is 11.4. The molecule has 0 radical (unpaired) electrons. The standard InChI is InChI=1S/C17H24N2/c1-14-5-7-17-12-15(6-8-16(17)11-14)13-19(2)10-4-3-9-18/h5-8,11-12H,3-4,9-10,13,18H2,1-2H3. The third kappa shape index (κ3) is 4.05. The van der Waals surface area contributed by atoms with Crippen LogP contribution in [0, 0.1) is 6.92 Å². The van der Waals surface area contributed by atoms with Gasteiger partial charge in [-0.3, -0.25) is 0 Å². The molecule has 2 rings (SSSR count). The summed E-state index contributed by atoms with van der Waals surface area (Å²) in [5, 5.41) is 2.66. The molecule has 0 aliphatic carbocycles. The maximum Gasteiger partial charge on any atom is 0.0230 e. The Kier molecular flexibility index (Phi) is 4.94. The Morgan fingerprint density at radius 2 is 1.74 bits per heavy atom. The molecular formula is C17H24N2. The van der Waals surface area contributed by atoms with Crippen molar-refractivity contribution in [3.63, 3.8) is 0 Å². The first kappa shape index (κ1) is 14.0. The van der Waals surface area contributed by atoms with Crippen LogP contribution in [0.4, 0.5) is 0 Å². The molecule has 0 aromatic heterocycles. The van der Waals surface area contributed by atoms with E-state index in [1.165, 1.54) is 28.3 Å². The molecule has 0 fully saturated rings. The summed E-state index contributed by atoms with van der Waals surface area (Å²) in [6.07, 6.45) is 2.29. The smallest absolute Gasteiger partial charge is 0.0230 e. The number of nitrogens with zero attached hydrogens (tertiary/aromatic N) is 1. The van der Waals surface area contributed by atoms with Crippen LogP contribution in [-0.4, -0.2) is 25.0 Å². The number of unbranched alkanes of at least 4 members (excludes halogenated alkanes) is 1. The fourth-order valence-corrected chi connectivity index (χ4v) is 2.43. The fourth-order valence-electron chi connectivity index (χ4n) is 2.43. The number of fused-ring (bicyclic) bond motifs is 1. The van der Waals surface area contributed by atoms with Gasteiger partial charge in [0.15, 0.2) is 0 Å². The Hall–Kier alpha value is -1.38. The monoisotopic (exact) mass is 256 g/mol. The number of hydrogen-bond donors (Lipinski definition) is 1. The van der Waals surface area contributed by atoms with Crippen molar-refractivity contribution >= 4 is 10.8 Å². The number of nitrogens with two attached hydrogens (primary N) is 1. The molecule has 0 spiro atoms. The second-order valence-electron chi connectivity index (χ2n) is 5.42. The Bertz CT molecular complexity index is 534. The Morgan fingerprint density at radius 3 is 2.53 bits per heavy atom. The summed E-state index contributed by atoms with van der Waals surface area (Å²) in [4.78, 5) is 2.37. The molecular weight excluding hydrogens is 232 g/mol. The number of rotatable bonds is 6. The van der Waals surface area contributed by atoms with Gasteiger partial charge in [0.05, 0.1) is 0 Å². The van der Waals surface area contributed by atoms with Crippen LogP contribution in [0.5, 0.6) is 0 Å². The molecule has 102 valence electrons. The van der Waals surface area contributed by atoms with Gasteiger partial charge in [0.1, 0.15) is 0 Å². The van der Waals surface area contributed by atoms with Crippen LogP contribution in [0.1, 0.15) is 24.0 Å². The van der Waals surface area contributed by atoms with Crippen molar-refractivity contribution in [3.05, 3.63) is 47.5 Å². The molecule has 19 heavy (non-hydrogen) atoms. The molecule has 2 heteroatoms. The van der Waals surface area contributed by atoms with Crippen LogP contribution in [0.25, 0.3) is 10.8 Å². The van der Waals surface area contributed by atoms with Crippen LogP contribution in [0.15, 0.2) is 36.4 Å². The predicted molar refractivity (Wildman–Crippen MR) is 83.3 cm³/mol. The molecule has 0 heterocycles. The molecule has 2 aromatic carbocycles. The van der Waals surface area contributed by atoms with Crippen molar-refractivity contribution in [3.8, 4) is 0 Å². The minimum atomic E-state index is 0.795. The van der Waals surface area contributed by atoms with E-state index in [1.54, 1.807) is 0 Å². The lowest BCUT2D eigenvalue weighted by Gasteiger charge is -2.16. The van der Waals surface area contributed by atoms with Gasteiger partial charge in [-0.2, -0.15) is 0 Å². The van der Waals surface area contributed by atoms with Crippen molar-refractivity contribution in [2.24, 2.45) is 5.73 Å². The van der Waals surface area contributed by atoms with E-state index in [1.807, 2.05) is 0 Å². The van der Waals surface area contributed by atoms with Crippen molar-refractivity contribution < 1.29 is 0 Å². The average Bonchev–Trinajstić information content (AvgIpc) is 2.39. The summed E-state index contributed by atoms with van der Waals surface area (Å²) in [6.45, 7) is 5.05. The van der Waals surface area contributed by atoms with E-state index in [0.29, 0.717) is 0 Å². The van der Waals surface area contributed by atoms with Gasteiger partial charge >= 0.3 is 0 Å². The summed E-state index contributed by atoms with van der Waals surface area (Å²) < 4.78 is 0. The summed E-state index contributed by atoms with van der Waals surface area (Å²) in [6, 6.07) is 13.4. The molecule has 0 bridgehead atoms. The van der Waals surface area contributed by atoms with Crippen LogP contribution >= 0.6 is 0 Å². The van der Waals surface area contributed by atoms with Crippen molar-refractivity contribution in [2.45, 2.75) is 26.3 Å². The highest BCUT2D eigenvalue weighted by molar-refractivity contribution is 5.83. The number of aryl methyl sites for hydroxylation is 1. The van der Waals surface area contributed by atoms with Gasteiger partial charge in [-0.05, 0) is 62.3 Å². The second-order valence-corrected chi connectivity index (χ2v) is 5.42. The zero-order chi connectivity index (χ0) is 13.7. The van der Waals surface area contributed by atoms with Crippen LogP contribution < -0.4 is 5.73 Å². The molecule has 2 nitrogen and oxygen atoms in total.